The van der Waals surface area contributed by atoms with Crippen LogP contribution in [0.1, 0.15) is 36.2 Å². The van der Waals surface area contributed by atoms with Crippen LogP contribution in [-0.4, -0.2) is 28.3 Å². The van der Waals surface area contributed by atoms with E-state index in [0.29, 0.717) is 11.4 Å². The van der Waals surface area contributed by atoms with Crippen LogP contribution in [0.5, 0.6) is 0 Å². The van der Waals surface area contributed by atoms with Crippen molar-refractivity contribution in [2.75, 3.05) is 11.9 Å². The Morgan fingerprint density at radius 3 is 2.93 bits per heavy atom. The SMILES string of the molecule is CC1(N2C[C@@H](F)C[C@@H]2c2cc(F)ccc2F)C=Cc2ncc(Cl)c(C#N)c2N1. The van der Waals surface area contributed by atoms with Crippen LogP contribution in [0.2, 0.25) is 5.02 Å². The van der Waals surface area contributed by atoms with Gasteiger partial charge in [0, 0.05) is 24.3 Å². The molecule has 2 aliphatic heterocycles. The molecule has 1 aromatic carbocycles. The van der Waals surface area contributed by atoms with Gasteiger partial charge < -0.3 is 5.32 Å². The van der Waals surface area contributed by atoms with E-state index in [1.807, 2.05) is 6.07 Å². The summed E-state index contributed by atoms with van der Waals surface area (Å²) in [5.74, 6) is -1.17. The van der Waals surface area contributed by atoms with Crippen LogP contribution < -0.4 is 5.32 Å². The zero-order valence-electron chi connectivity index (χ0n) is 14.9. The molecular formula is C20H16ClF3N4. The second kappa shape index (κ2) is 6.80. The van der Waals surface area contributed by atoms with Gasteiger partial charge in [0.1, 0.15) is 29.5 Å². The summed E-state index contributed by atoms with van der Waals surface area (Å²) in [6.45, 7) is 1.82. The second-order valence-electron chi connectivity index (χ2n) is 7.13. The normalized spacial score (nSPS) is 26.6. The first-order valence-electron chi connectivity index (χ1n) is 8.74. The van der Waals surface area contributed by atoms with Crippen molar-refractivity contribution in [2.45, 2.75) is 31.2 Å². The number of halogens is 4. The summed E-state index contributed by atoms with van der Waals surface area (Å²) in [6.07, 6.45) is 3.73. The average Bonchev–Trinajstić information content (AvgIpc) is 3.06. The molecule has 4 rings (SSSR count). The molecule has 8 heteroatoms. The Hall–Kier alpha value is -2.56. The molecule has 0 amide bonds. The first kappa shape index (κ1) is 18.8. The minimum atomic E-state index is -1.20. The molecule has 3 atom stereocenters. The quantitative estimate of drug-likeness (QED) is 0.779. The molecule has 0 saturated carbocycles. The second-order valence-corrected chi connectivity index (χ2v) is 7.53. The van der Waals surface area contributed by atoms with E-state index in [9.17, 15) is 18.4 Å². The summed E-state index contributed by atoms with van der Waals surface area (Å²) < 4.78 is 42.5. The van der Waals surface area contributed by atoms with E-state index in [1.54, 1.807) is 24.0 Å². The lowest BCUT2D eigenvalue weighted by atomic mass is 9.97. The predicted octanol–water partition coefficient (Wildman–Crippen LogP) is 4.82. The van der Waals surface area contributed by atoms with Crippen molar-refractivity contribution in [3.63, 3.8) is 0 Å². The fraction of sp³-hybridized carbons (Fsp3) is 0.300. The Bertz CT molecular complexity index is 1020. The number of benzene rings is 1. The summed E-state index contributed by atoms with van der Waals surface area (Å²) >= 11 is 6.09. The summed E-state index contributed by atoms with van der Waals surface area (Å²) in [6, 6.07) is 4.57. The number of alkyl halides is 1. The molecule has 0 spiro atoms. The van der Waals surface area contributed by atoms with E-state index in [2.05, 4.69) is 10.3 Å². The van der Waals surface area contributed by atoms with Gasteiger partial charge in [0.25, 0.3) is 0 Å². The molecule has 2 aromatic rings. The summed E-state index contributed by atoms with van der Waals surface area (Å²) in [4.78, 5) is 5.94. The van der Waals surface area contributed by atoms with Crippen LogP contribution >= 0.6 is 11.6 Å². The van der Waals surface area contributed by atoms with Crippen molar-refractivity contribution < 1.29 is 13.2 Å². The zero-order valence-corrected chi connectivity index (χ0v) is 15.6. The van der Waals surface area contributed by atoms with Crippen molar-refractivity contribution in [1.29, 1.82) is 5.26 Å². The number of likely N-dealkylation sites (tertiary alicyclic amines) is 1. The largest absolute Gasteiger partial charge is 0.361 e. The van der Waals surface area contributed by atoms with Crippen molar-refractivity contribution in [3.05, 3.63) is 63.9 Å². The maximum Gasteiger partial charge on any atom is 0.128 e. The number of pyridine rings is 1. The standard InChI is InChI=1S/C20H16ClF3N4/c1-20(5-4-17-19(27-20)14(8-25)15(21)9-26-17)28-10-12(23)7-18(28)13-6-11(22)2-3-16(13)24/h2-6,9,12,18,27H,7,10H2,1H3/t12-,18+,20?/m0/s1. The van der Waals surface area contributed by atoms with Gasteiger partial charge in [0.15, 0.2) is 0 Å². The topological polar surface area (TPSA) is 52.0 Å². The lowest BCUT2D eigenvalue weighted by molar-refractivity contribution is 0.144. The summed E-state index contributed by atoms with van der Waals surface area (Å²) in [5, 5.41) is 12.9. The van der Waals surface area contributed by atoms with E-state index in [0.717, 1.165) is 18.2 Å². The van der Waals surface area contributed by atoms with E-state index >= 15 is 0 Å². The number of nitrogens with one attached hydrogen (secondary N) is 1. The number of hydrogen-bond acceptors (Lipinski definition) is 4. The molecule has 1 fully saturated rings. The first-order valence-corrected chi connectivity index (χ1v) is 9.12. The Morgan fingerprint density at radius 1 is 1.39 bits per heavy atom. The highest BCUT2D eigenvalue weighted by atomic mass is 35.5. The molecule has 0 radical (unpaired) electrons. The van der Waals surface area contributed by atoms with Crippen LogP contribution in [0.25, 0.3) is 6.08 Å². The maximum atomic E-state index is 14.4. The predicted molar refractivity (Wildman–Crippen MR) is 100 cm³/mol. The van der Waals surface area contributed by atoms with Gasteiger partial charge in [-0.1, -0.05) is 11.6 Å². The van der Waals surface area contributed by atoms with E-state index < -0.39 is 29.5 Å². The van der Waals surface area contributed by atoms with Crippen molar-refractivity contribution in [3.8, 4) is 6.07 Å². The van der Waals surface area contributed by atoms with Crippen LogP contribution in [-0.2, 0) is 0 Å². The highest BCUT2D eigenvalue weighted by molar-refractivity contribution is 6.32. The molecule has 2 aliphatic rings. The molecule has 4 nitrogen and oxygen atoms in total. The van der Waals surface area contributed by atoms with Gasteiger partial charge in [-0.3, -0.25) is 9.88 Å². The zero-order chi connectivity index (χ0) is 20.1. The van der Waals surface area contributed by atoms with E-state index in [-0.39, 0.29) is 29.1 Å². The molecule has 144 valence electrons. The first-order chi connectivity index (χ1) is 13.3. The highest BCUT2D eigenvalue weighted by Crippen LogP contribution is 2.43. The monoisotopic (exact) mass is 404 g/mol. The molecule has 1 unspecified atom stereocenters. The number of aromatic nitrogens is 1. The van der Waals surface area contributed by atoms with E-state index in [4.69, 9.17) is 11.6 Å². The molecule has 1 N–H and O–H groups in total. The van der Waals surface area contributed by atoms with Crippen LogP contribution in [0.3, 0.4) is 0 Å². The smallest absolute Gasteiger partial charge is 0.128 e. The third-order valence-electron chi connectivity index (χ3n) is 5.28. The molecular weight excluding hydrogens is 389 g/mol. The molecule has 0 bridgehead atoms. The molecule has 0 aliphatic carbocycles. The lowest BCUT2D eigenvalue weighted by Gasteiger charge is -2.43. The Balaban J connectivity index is 1.76. The number of hydrogen-bond donors (Lipinski definition) is 1. The average molecular weight is 405 g/mol. The fourth-order valence-corrected chi connectivity index (χ4v) is 4.12. The Morgan fingerprint density at radius 2 is 2.18 bits per heavy atom. The highest BCUT2D eigenvalue weighted by Gasteiger charge is 2.45. The Labute approximate surface area is 165 Å². The van der Waals surface area contributed by atoms with E-state index in [1.165, 1.54) is 6.20 Å². The van der Waals surface area contributed by atoms with Gasteiger partial charge in [-0.2, -0.15) is 5.26 Å². The van der Waals surface area contributed by atoms with Crippen LogP contribution in [0.15, 0.2) is 30.5 Å². The van der Waals surface area contributed by atoms with Gasteiger partial charge in [0.2, 0.25) is 0 Å². The molecule has 1 aromatic heterocycles. The third-order valence-corrected chi connectivity index (χ3v) is 5.57. The van der Waals surface area contributed by atoms with Crippen LogP contribution in [0, 0.1) is 23.0 Å². The minimum absolute atomic E-state index is 0.0275. The maximum absolute atomic E-state index is 14.4. The number of fused-ring (bicyclic) bond motifs is 1. The minimum Gasteiger partial charge on any atom is -0.361 e. The Kier molecular flexibility index (Phi) is 4.56. The number of rotatable bonds is 2. The van der Waals surface area contributed by atoms with Gasteiger partial charge in [-0.05, 0) is 43.7 Å². The number of anilines is 1. The fourth-order valence-electron chi connectivity index (χ4n) is 3.93. The van der Waals surface area contributed by atoms with Gasteiger partial charge in [0.05, 0.1) is 22.0 Å². The molecule has 3 heterocycles. The third kappa shape index (κ3) is 3.03. The summed E-state index contributed by atoms with van der Waals surface area (Å²) in [7, 11) is 0. The van der Waals surface area contributed by atoms with Crippen molar-refractivity contribution in [1.82, 2.24) is 9.88 Å². The van der Waals surface area contributed by atoms with Crippen LogP contribution in [0.4, 0.5) is 18.9 Å². The summed E-state index contributed by atoms with van der Waals surface area (Å²) in [5.41, 5.74) is 0.345. The van der Waals surface area contributed by atoms with Gasteiger partial charge in [-0.15, -0.1) is 0 Å². The number of nitriles is 1. The lowest BCUT2D eigenvalue weighted by Crippen LogP contribution is -2.52. The molecule has 28 heavy (non-hydrogen) atoms. The van der Waals surface area contributed by atoms with Gasteiger partial charge in [-0.25, -0.2) is 13.2 Å². The molecule has 1 saturated heterocycles. The van der Waals surface area contributed by atoms with Gasteiger partial charge >= 0.3 is 0 Å². The number of nitrogens with zero attached hydrogens (tertiary/aromatic N) is 3. The van der Waals surface area contributed by atoms with Crippen molar-refractivity contribution >= 4 is 23.4 Å². The van der Waals surface area contributed by atoms with Crippen molar-refractivity contribution in [2.24, 2.45) is 0 Å².